The predicted octanol–water partition coefficient (Wildman–Crippen LogP) is 11.9. The first-order chi connectivity index (χ1) is 21.6. The van der Waals surface area contributed by atoms with Crippen LogP contribution in [-0.4, -0.2) is 0 Å². The molecule has 0 saturated carbocycles. The number of fused-ring (bicyclic) bond motifs is 5. The SMILES string of the molecule is CC1(C)c2ccc(N(c3ccccc3)c3cccc(-c4ccccc4)c3)cc2-c2c(-c3ccccc3)cc3ccccc3c21. The number of nitrogens with zero attached hydrogens (tertiary/aromatic N) is 1. The molecule has 0 spiro atoms. The van der Waals surface area contributed by atoms with Crippen molar-refractivity contribution >= 4 is 27.8 Å². The maximum Gasteiger partial charge on any atom is 0.0468 e. The molecule has 0 saturated heterocycles. The Morgan fingerprint density at radius 2 is 1.02 bits per heavy atom. The summed E-state index contributed by atoms with van der Waals surface area (Å²) in [6.45, 7) is 4.77. The van der Waals surface area contributed by atoms with Crippen molar-refractivity contribution in [1.29, 1.82) is 0 Å². The molecular weight excluding hydrogens is 530 g/mol. The molecule has 0 aliphatic heterocycles. The van der Waals surface area contributed by atoms with E-state index in [9.17, 15) is 0 Å². The first-order valence-electron chi connectivity index (χ1n) is 15.4. The summed E-state index contributed by atoms with van der Waals surface area (Å²) in [7, 11) is 0. The highest BCUT2D eigenvalue weighted by Gasteiger charge is 2.39. The summed E-state index contributed by atoms with van der Waals surface area (Å²) < 4.78 is 0. The second-order valence-corrected chi connectivity index (χ2v) is 12.2. The van der Waals surface area contributed by atoms with Crippen LogP contribution in [-0.2, 0) is 5.41 Å². The van der Waals surface area contributed by atoms with E-state index in [2.05, 4.69) is 183 Å². The highest BCUT2D eigenvalue weighted by molar-refractivity contribution is 6.05. The Hall–Kier alpha value is -5.40. The molecule has 1 nitrogen and oxygen atoms in total. The van der Waals surface area contributed by atoms with Crippen LogP contribution < -0.4 is 4.90 Å². The van der Waals surface area contributed by atoms with Crippen LogP contribution in [0.15, 0.2) is 164 Å². The quantitative estimate of drug-likeness (QED) is 0.201. The zero-order valence-electron chi connectivity index (χ0n) is 25.0. The molecule has 0 aromatic heterocycles. The van der Waals surface area contributed by atoms with Crippen LogP contribution in [0.2, 0.25) is 0 Å². The number of para-hydroxylation sites is 1. The van der Waals surface area contributed by atoms with Gasteiger partial charge in [-0.15, -0.1) is 0 Å². The van der Waals surface area contributed by atoms with Gasteiger partial charge in [-0.1, -0.05) is 135 Å². The number of hydrogen-bond donors (Lipinski definition) is 0. The Balaban J connectivity index is 1.38. The molecule has 1 aliphatic rings. The fourth-order valence-electron chi connectivity index (χ4n) is 7.16. The van der Waals surface area contributed by atoms with Gasteiger partial charge in [0.15, 0.2) is 0 Å². The number of benzene rings is 7. The number of hydrogen-bond acceptors (Lipinski definition) is 1. The summed E-state index contributed by atoms with van der Waals surface area (Å²) in [5, 5.41) is 2.62. The van der Waals surface area contributed by atoms with E-state index in [-0.39, 0.29) is 5.41 Å². The smallest absolute Gasteiger partial charge is 0.0468 e. The van der Waals surface area contributed by atoms with Gasteiger partial charge >= 0.3 is 0 Å². The van der Waals surface area contributed by atoms with Crippen LogP contribution in [0.1, 0.15) is 25.0 Å². The van der Waals surface area contributed by atoms with Crippen molar-refractivity contribution < 1.29 is 0 Å². The van der Waals surface area contributed by atoms with E-state index in [1.165, 1.54) is 55.3 Å². The predicted molar refractivity (Wildman–Crippen MR) is 187 cm³/mol. The lowest BCUT2D eigenvalue weighted by Gasteiger charge is -2.27. The molecule has 44 heavy (non-hydrogen) atoms. The van der Waals surface area contributed by atoms with Gasteiger partial charge in [-0.25, -0.2) is 0 Å². The number of anilines is 3. The van der Waals surface area contributed by atoms with Crippen LogP contribution in [0, 0.1) is 0 Å². The Morgan fingerprint density at radius 1 is 0.432 bits per heavy atom. The maximum atomic E-state index is 2.42. The Labute approximate surface area is 259 Å². The minimum absolute atomic E-state index is 0.140. The fraction of sp³-hybridized carbons (Fsp3) is 0.0698. The molecular formula is C43H33N. The maximum absolute atomic E-state index is 2.42. The molecule has 210 valence electrons. The second kappa shape index (κ2) is 10.4. The highest BCUT2D eigenvalue weighted by atomic mass is 15.1. The van der Waals surface area contributed by atoms with E-state index in [0.717, 1.165) is 17.1 Å². The average molecular weight is 564 g/mol. The summed E-state index contributed by atoms with van der Waals surface area (Å²) in [5.41, 5.74) is 13.7. The van der Waals surface area contributed by atoms with Crippen LogP contribution in [0.3, 0.4) is 0 Å². The minimum atomic E-state index is -0.140. The molecule has 0 radical (unpaired) electrons. The van der Waals surface area contributed by atoms with Gasteiger partial charge in [0.25, 0.3) is 0 Å². The lowest BCUT2D eigenvalue weighted by molar-refractivity contribution is 0.666. The van der Waals surface area contributed by atoms with E-state index in [1.807, 2.05) is 0 Å². The van der Waals surface area contributed by atoms with Crippen molar-refractivity contribution in [2.45, 2.75) is 19.3 Å². The second-order valence-electron chi connectivity index (χ2n) is 12.2. The van der Waals surface area contributed by atoms with Crippen LogP contribution in [0.4, 0.5) is 17.1 Å². The monoisotopic (exact) mass is 563 g/mol. The fourth-order valence-corrected chi connectivity index (χ4v) is 7.16. The van der Waals surface area contributed by atoms with E-state index in [1.54, 1.807) is 0 Å². The van der Waals surface area contributed by atoms with Gasteiger partial charge in [-0.2, -0.15) is 0 Å². The molecule has 0 N–H and O–H groups in total. The van der Waals surface area contributed by atoms with Gasteiger partial charge in [-0.3, -0.25) is 0 Å². The van der Waals surface area contributed by atoms with E-state index in [0.29, 0.717) is 0 Å². The summed E-state index contributed by atoms with van der Waals surface area (Å²) in [5.74, 6) is 0. The largest absolute Gasteiger partial charge is 0.310 e. The van der Waals surface area contributed by atoms with Gasteiger partial charge in [0.1, 0.15) is 0 Å². The van der Waals surface area contributed by atoms with E-state index >= 15 is 0 Å². The van der Waals surface area contributed by atoms with Crippen molar-refractivity contribution in [1.82, 2.24) is 0 Å². The standard InChI is InChI=1S/C43H33N/c1-43(2)40-26-25-36(44(34-21-10-5-11-22-34)35-23-14-20-32(27-35)30-15-6-3-7-16-30)29-39(40)41-38(31-17-8-4-9-18-31)28-33-19-12-13-24-37(33)42(41)43/h3-29H,1-2H3. The third-order valence-electron chi connectivity index (χ3n) is 9.19. The normalized spacial score (nSPS) is 13.0. The molecule has 0 fully saturated rings. The molecule has 0 bridgehead atoms. The molecule has 0 unspecified atom stereocenters. The first kappa shape index (κ1) is 26.2. The van der Waals surface area contributed by atoms with Crippen molar-refractivity contribution in [3.63, 3.8) is 0 Å². The Morgan fingerprint density at radius 3 is 1.77 bits per heavy atom. The summed E-state index contributed by atoms with van der Waals surface area (Å²) in [6.07, 6.45) is 0. The van der Waals surface area contributed by atoms with Crippen LogP contribution in [0.25, 0.3) is 44.2 Å². The lowest BCUT2D eigenvalue weighted by Crippen LogP contribution is -2.16. The number of rotatable bonds is 5. The van der Waals surface area contributed by atoms with Gasteiger partial charge in [0, 0.05) is 22.5 Å². The van der Waals surface area contributed by atoms with E-state index < -0.39 is 0 Å². The van der Waals surface area contributed by atoms with Crippen LogP contribution in [0.5, 0.6) is 0 Å². The van der Waals surface area contributed by atoms with Gasteiger partial charge < -0.3 is 4.90 Å². The van der Waals surface area contributed by atoms with E-state index in [4.69, 9.17) is 0 Å². The van der Waals surface area contributed by atoms with Gasteiger partial charge in [0.2, 0.25) is 0 Å². The highest BCUT2D eigenvalue weighted by Crippen LogP contribution is 2.56. The van der Waals surface area contributed by atoms with Crippen molar-refractivity contribution in [3.05, 3.63) is 175 Å². The summed E-state index contributed by atoms with van der Waals surface area (Å²) in [6, 6.07) is 59.4. The Bertz CT molecular complexity index is 2130. The molecule has 1 heteroatoms. The van der Waals surface area contributed by atoms with Gasteiger partial charge in [-0.05, 0) is 97.7 Å². The Kier molecular flexibility index (Phi) is 6.20. The summed E-state index contributed by atoms with van der Waals surface area (Å²) in [4.78, 5) is 2.39. The zero-order chi connectivity index (χ0) is 29.7. The molecule has 0 atom stereocenters. The average Bonchev–Trinajstić information content (AvgIpc) is 3.32. The third kappa shape index (κ3) is 4.24. The molecule has 7 aromatic carbocycles. The first-order valence-corrected chi connectivity index (χ1v) is 15.4. The minimum Gasteiger partial charge on any atom is -0.310 e. The lowest BCUT2D eigenvalue weighted by atomic mass is 9.79. The van der Waals surface area contributed by atoms with Crippen molar-refractivity contribution in [3.8, 4) is 33.4 Å². The van der Waals surface area contributed by atoms with Crippen molar-refractivity contribution in [2.24, 2.45) is 0 Å². The molecule has 7 aromatic rings. The summed E-state index contributed by atoms with van der Waals surface area (Å²) >= 11 is 0. The topological polar surface area (TPSA) is 3.24 Å². The van der Waals surface area contributed by atoms with Gasteiger partial charge in [0.05, 0.1) is 0 Å². The van der Waals surface area contributed by atoms with Crippen molar-refractivity contribution in [2.75, 3.05) is 4.90 Å². The van der Waals surface area contributed by atoms with Crippen LogP contribution >= 0.6 is 0 Å². The molecule has 0 heterocycles. The zero-order valence-corrected chi connectivity index (χ0v) is 25.0. The third-order valence-corrected chi connectivity index (χ3v) is 9.19. The molecule has 1 aliphatic carbocycles. The molecule has 0 amide bonds. The molecule has 8 rings (SSSR count).